The van der Waals surface area contributed by atoms with E-state index in [1.54, 1.807) is 19.1 Å². The second kappa shape index (κ2) is 9.03. The lowest BCUT2D eigenvalue weighted by Gasteiger charge is -2.34. The van der Waals surface area contributed by atoms with Crippen LogP contribution in [-0.2, 0) is 11.0 Å². The number of para-hydroxylation sites is 1. The van der Waals surface area contributed by atoms with Crippen LogP contribution in [-0.4, -0.2) is 35.1 Å². The number of benzene rings is 2. The molecule has 0 aromatic heterocycles. The van der Waals surface area contributed by atoms with E-state index in [1.807, 2.05) is 18.2 Å². The molecule has 0 radical (unpaired) electrons. The van der Waals surface area contributed by atoms with Gasteiger partial charge in [0.05, 0.1) is 11.3 Å². The number of rotatable bonds is 4. The smallest absolute Gasteiger partial charge is 0.404 e. The predicted molar refractivity (Wildman–Crippen MR) is 111 cm³/mol. The summed E-state index contributed by atoms with van der Waals surface area (Å²) in [5.41, 5.74) is 5.81. The van der Waals surface area contributed by atoms with Gasteiger partial charge in [-0.25, -0.2) is 4.99 Å². The second-order valence-electron chi connectivity index (χ2n) is 6.85. The van der Waals surface area contributed by atoms with Crippen molar-refractivity contribution >= 4 is 23.3 Å². The zero-order valence-electron chi connectivity index (χ0n) is 16.7. The van der Waals surface area contributed by atoms with Gasteiger partial charge in [-0.05, 0) is 37.3 Å². The number of nitrogens with zero attached hydrogens (tertiary/aromatic N) is 2. The number of nitrogens with one attached hydrogen (secondary N) is 1. The minimum Gasteiger partial charge on any atom is -0.404 e. The van der Waals surface area contributed by atoms with E-state index in [9.17, 15) is 22.8 Å². The third-order valence-corrected chi connectivity index (χ3v) is 4.80. The predicted octanol–water partition coefficient (Wildman–Crippen LogP) is 3.63. The number of amides is 2. The highest BCUT2D eigenvalue weighted by Crippen LogP contribution is 2.30. The summed E-state index contributed by atoms with van der Waals surface area (Å²) in [5, 5.41) is 2.53. The molecule has 1 fully saturated rings. The van der Waals surface area contributed by atoms with E-state index in [4.69, 9.17) is 5.73 Å². The number of likely N-dealkylation sites (N-methyl/N-ethyl adjacent to an activating group) is 1. The normalized spacial score (nSPS) is 19.7. The van der Waals surface area contributed by atoms with Gasteiger partial charge in [-0.1, -0.05) is 24.3 Å². The molecule has 2 aromatic rings. The maximum Gasteiger partial charge on any atom is 0.416 e. The summed E-state index contributed by atoms with van der Waals surface area (Å²) >= 11 is 0. The summed E-state index contributed by atoms with van der Waals surface area (Å²) in [6.45, 7) is 2.03. The molecule has 0 bridgehead atoms. The van der Waals surface area contributed by atoms with Crippen LogP contribution in [0, 0.1) is 0 Å². The molecule has 3 rings (SSSR count). The molecule has 2 amide bonds. The molecule has 0 spiro atoms. The first-order chi connectivity index (χ1) is 14.7. The minimum atomic E-state index is -4.58. The van der Waals surface area contributed by atoms with Crippen molar-refractivity contribution in [2.45, 2.75) is 25.6 Å². The van der Waals surface area contributed by atoms with E-state index < -0.39 is 29.6 Å². The van der Waals surface area contributed by atoms with E-state index in [1.165, 1.54) is 17.2 Å². The Bertz CT molecular complexity index is 1030. The van der Waals surface area contributed by atoms with Gasteiger partial charge in [0, 0.05) is 30.3 Å². The number of nitrogens with two attached hydrogens (primary N) is 1. The minimum absolute atomic E-state index is 0.0716. The van der Waals surface area contributed by atoms with Crippen LogP contribution < -0.4 is 11.1 Å². The Morgan fingerprint density at radius 2 is 1.94 bits per heavy atom. The van der Waals surface area contributed by atoms with Crippen molar-refractivity contribution in [2.75, 3.05) is 6.54 Å². The molecule has 0 saturated carbocycles. The first-order valence-corrected chi connectivity index (χ1v) is 9.59. The van der Waals surface area contributed by atoms with Gasteiger partial charge in [-0.3, -0.25) is 14.5 Å². The summed E-state index contributed by atoms with van der Waals surface area (Å²) < 4.78 is 38.8. The molecule has 6 nitrogen and oxygen atoms in total. The zero-order valence-corrected chi connectivity index (χ0v) is 16.7. The molecule has 1 aliphatic rings. The fourth-order valence-electron chi connectivity index (χ4n) is 3.26. The van der Waals surface area contributed by atoms with Crippen LogP contribution in [0.4, 0.5) is 18.9 Å². The Labute approximate surface area is 177 Å². The lowest BCUT2D eigenvalue weighted by molar-refractivity contribution is -0.137. The van der Waals surface area contributed by atoms with E-state index in [2.05, 4.69) is 10.3 Å². The zero-order chi connectivity index (χ0) is 22.6. The second-order valence-corrected chi connectivity index (χ2v) is 6.85. The number of piperidine rings is 1. The van der Waals surface area contributed by atoms with Crippen LogP contribution in [0.3, 0.4) is 0 Å². The fourth-order valence-corrected chi connectivity index (χ4v) is 3.26. The lowest BCUT2D eigenvalue weighted by atomic mass is 9.97. The quantitative estimate of drug-likeness (QED) is 0.777. The summed E-state index contributed by atoms with van der Waals surface area (Å²) in [6.07, 6.45) is -3.18. The van der Waals surface area contributed by atoms with Gasteiger partial charge in [-0.2, -0.15) is 13.2 Å². The molecule has 1 saturated heterocycles. The number of hydrogen-bond donors (Lipinski definition) is 2. The van der Waals surface area contributed by atoms with Crippen LogP contribution in [0.25, 0.3) is 0 Å². The first kappa shape index (κ1) is 22.1. The lowest BCUT2D eigenvalue weighted by Crippen LogP contribution is -2.55. The maximum absolute atomic E-state index is 13.0. The van der Waals surface area contributed by atoms with Crippen molar-refractivity contribution in [1.82, 2.24) is 10.2 Å². The Morgan fingerprint density at radius 1 is 1.23 bits per heavy atom. The van der Waals surface area contributed by atoms with E-state index in [0.29, 0.717) is 17.1 Å². The molecular formula is C22H21F3N4O2. The number of carbonyl (C=O) groups is 2. The molecular weight excluding hydrogens is 409 g/mol. The van der Waals surface area contributed by atoms with E-state index in [-0.39, 0.29) is 18.5 Å². The Morgan fingerprint density at radius 3 is 2.55 bits per heavy atom. The summed E-state index contributed by atoms with van der Waals surface area (Å²) in [6, 6.07) is 12.1. The maximum atomic E-state index is 13.0. The Hall–Kier alpha value is -3.62. The largest absolute Gasteiger partial charge is 0.416 e. The Kier molecular flexibility index (Phi) is 6.43. The van der Waals surface area contributed by atoms with Crippen LogP contribution in [0.2, 0.25) is 0 Å². The number of likely N-dealkylation sites (tertiary alicyclic amines) is 1. The standard InChI is InChI=1S/C22H21F3N4O2/c1-2-29-19(27-17-9-4-3-5-10-17)15(13-26)12-18(21(29)31)28-20(30)14-7-6-8-16(11-14)22(23,24)25/h3-11,13,18H,2,12,26H2,1H3,(H,28,30)/b15-13-,27-19?. The van der Waals surface area contributed by atoms with Crippen molar-refractivity contribution in [3.63, 3.8) is 0 Å². The SMILES string of the molecule is CCN1C(=O)C(NC(=O)c2cccc(C(F)(F)F)c2)C/C(=C/N)C1=Nc1ccccc1. The summed E-state index contributed by atoms with van der Waals surface area (Å²) in [7, 11) is 0. The Balaban J connectivity index is 1.85. The van der Waals surface area contributed by atoms with Crippen LogP contribution in [0.1, 0.15) is 29.3 Å². The van der Waals surface area contributed by atoms with Gasteiger partial charge in [0.2, 0.25) is 0 Å². The number of aliphatic imine (C=N–C) groups is 1. The third kappa shape index (κ3) is 4.93. The molecule has 1 heterocycles. The van der Waals surface area contributed by atoms with Gasteiger partial charge in [0.15, 0.2) is 0 Å². The molecule has 9 heteroatoms. The van der Waals surface area contributed by atoms with Crippen LogP contribution in [0.15, 0.2) is 71.4 Å². The number of halogens is 3. The van der Waals surface area contributed by atoms with Gasteiger partial charge in [0.25, 0.3) is 11.8 Å². The highest BCUT2D eigenvalue weighted by Gasteiger charge is 2.37. The van der Waals surface area contributed by atoms with E-state index >= 15 is 0 Å². The number of amidine groups is 1. The van der Waals surface area contributed by atoms with Gasteiger partial charge in [0.1, 0.15) is 11.9 Å². The number of alkyl halides is 3. The molecule has 31 heavy (non-hydrogen) atoms. The fraction of sp³-hybridized carbons (Fsp3) is 0.227. The van der Waals surface area contributed by atoms with Crippen LogP contribution >= 0.6 is 0 Å². The first-order valence-electron chi connectivity index (χ1n) is 9.59. The van der Waals surface area contributed by atoms with Crippen molar-refractivity contribution in [3.8, 4) is 0 Å². The molecule has 2 aromatic carbocycles. The third-order valence-electron chi connectivity index (χ3n) is 4.80. The highest BCUT2D eigenvalue weighted by molar-refractivity contribution is 6.13. The number of hydrogen-bond acceptors (Lipinski definition) is 4. The van der Waals surface area contributed by atoms with Crippen LogP contribution in [0.5, 0.6) is 0 Å². The van der Waals surface area contributed by atoms with Gasteiger partial charge in [-0.15, -0.1) is 0 Å². The van der Waals surface area contributed by atoms with Crippen molar-refractivity contribution in [1.29, 1.82) is 0 Å². The molecule has 1 atom stereocenters. The van der Waals surface area contributed by atoms with Crippen molar-refractivity contribution in [2.24, 2.45) is 10.7 Å². The molecule has 1 aliphatic heterocycles. The van der Waals surface area contributed by atoms with Gasteiger partial charge < -0.3 is 11.1 Å². The summed E-state index contributed by atoms with van der Waals surface area (Å²) in [5.74, 6) is -0.811. The monoisotopic (exact) mass is 430 g/mol. The van der Waals surface area contributed by atoms with E-state index in [0.717, 1.165) is 18.2 Å². The topological polar surface area (TPSA) is 87.8 Å². The average Bonchev–Trinajstić information content (AvgIpc) is 2.76. The molecule has 1 unspecified atom stereocenters. The summed E-state index contributed by atoms with van der Waals surface area (Å²) in [4.78, 5) is 31.5. The average molecular weight is 430 g/mol. The highest BCUT2D eigenvalue weighted by atomic mass is 19.4. The van der Waals surface area contributed by atoms with Crippen molar-refractivity contribution < 1.29 is 22.8 Å². The molecule has 3 N–H and O–H groups in total. The van der Waals surface area contributed by atoms with Gasteiger partial charge >= 0.3 is 6.18 Å². The van der Waals surface area contributed by atoms with Crippen molar-refractivity contribution in [3.05, 3.63) is 77.5 Å². The molecule has 162 valence electrons. The molecule has 0 aliphatic carbocycles. The number of carbonyl (C=O) groups excluding carboxylic acids is 2.